The third-order valence-corrected chi connectivity index (χ3v) is 13.8. The Morgan fingerprint density at radius 2 is 1.69 bits per heavy atom. The highest BCUT2D eigenvalue weighted by atomic mass is 35.5. The number of carbonyl (C=O) groups is 6. The maximum atomic E-state index is 15.4. The van der Waals surface area contributed by atoms with E-state index in [-0.39, 0.29) is 41.2 Å². The van der Waals surface area contributed by atoms with Crippen LogP contribution in [-0.4, -0.2) is 105 Å². The number of esters is 4. The number of ketones is 1. The van der Waals surface area contributed by atoms with E-state index in [4.69, 9.17) is 35.3 Å². The van der Waals surface area contributed by atoms with Gasteiger partial charge in [-0.3, -0.25) is 19.2 Å². The van der Waals surface area contributed by atoms with Gasteiger partial charge in [0.05, 0.1) is 29.5 Å². The number of allylic oxidation sites excluding steroid dienone is 1. The Bertz CT molecular complexity index is 2200. The topological polar surface area (TPSA) is 221 Å². The number of aliphatic hydroxyl groups excluding tert-OH is 2. The van der Waals surface area contributed by atoms with Crippen molar-refractivity contribution in [2.45, 2.75) is 129 Å². The summed E-state index contributed by atoms with van der Waals surface area (Å²) in [4.78, 5) is 83.2. The van der Waals surface area contributed by atoms with Crippen LogP contribution in [0, 0.1) is 16.7 Å². The second-order valence-electron chi connectivity index (χ2n) is 17.3. The Balaban J connectivity index is 1.55. The highest BCUT2D eigenvalue weighted by Gasteiger charge is 2.78. The Kier molecular flexibility index (Phi) is 13.0. The van der Waals surface area contributed by atoms with Gasteiger partial charge in [-0.05, 0) is 62.6 Å². The van der Waals surface area contributed by atoms with Crippen LogP contribution >= 0.6 is 11.6 Å². The summed E-state index contributed by atoms with van der Waals surface area (Å²) in [6.07, 6.45) is -9.08. The van der Waals surface area contributed by atoms with Crippen LogP contribution in [0.25, 0.3) is 0 Å². The summed E-state index contributed by atoms with van der Waals surface area (Å²) in [6.45, 7) is 11.6. The number of ether oxygens (including phenoxy) is 5. The molecule has 3 fully saturated rings. The molecule has 4 aliphatic rings. The Morgan fingerprint density at radius 1 is 1.02 bits per heavy atom. The fraction of sp³-hybridized carbons (Fsp3) is 0.522. The third kappa shape index (κ3) is 7.76. The van der Waals surface area contributed by atoms with Crippen molar-refractivity contribution in [2.75, 3.05) is 6.61 Å². The number of hydrogen-bond acceptors (Lipinski definition) is 14. The van der Waals surface area contributed by atoms with Gasteiger partial charge in [0.15, 0.2) is 17.5 Å². The lowest BCUT2D eigenvalue weighted by atomic mass is 9.44. The molecule has 1 heterocycles. The molecule has 0 aromatic heterocycles. The lowest BCUT2D eigenvalue weighted by Gasteiger charge is -2.67. The van der Waals surface area contributed by atoms with Crippen LogP contribution in [0.4, 0.5) is 0 Å². The normalized spacial score (nSPS) is 32.3. The Morgan fingerprint density at radius 3 is 2.27 bits per heavy atom. The quantitative estimate of drug-likeness (QED) is 0.106. The number of Topliss-reactive ketones (excluding diaryl/α,β-unsaturated/α-hetero) is 1. The van der Waals surface area contributed by atoms with Gasteiger partial charge in [-0.1, -0.05) is 74.8 Å². The fourth-order valence-corrected chi connectivity index (χ4v) is 10.1. The van der Waals surface area contributed by atoms with Gasteiger partial charge in [0.2, 0.25) is 5.91 Å². The standard InChI is InChI=1S/C46H54ClNO14/c1-9-23(3)40(54)48-34(26-15-12-11-13-16-26)36(52)42(56)59-29-21-46(57)39(61-41(55)27-17-14-18-28(47)19-27)37-44(8,38(53)35(51)33(24(29)4)43(46,6)7)30(60-32(50)10-2)20-31-45(37,22-58-31)62-25(5)49/h9,11-19,29-31,34-37,39,51-52,57H,10,20-22H2,1-8H3,(H,48,54)/b23-9+/t29-,30-,31+,34-,35+,36+,37?,39-,44+,45-,46+/m0/s1. The molecule has 2 aromatic rings. The molecule has 1 saturated heterocycles. The van der Waals surface area contributed by atoms with E-state index in [1.54, 1.807) is 57.2 Å². The molecule has 15 nitrogen and oxygen atoms in total. The average molecular weight is 880 g/mol. The number of rotatable bonds is 11. The van der Waals surface area contributed by atoms with Crippen molar-refractivity contribution < 1.29 is 67.8 Å². The molecule has 4 N–H and O–H groups in total. The zero-order valence-corrected chi connectivity index (χ0v) is 36.7. The van der Waals surface area contributed by atoms with E-state index in [0.717, 1.165) is 6.92 Å². The van der Waals surface area contributed by atoms with E-state index in [2.05, 4.69) is 5.32 Å². The maximum absolute atomic E-state index is 15.4. The van der Waals surface area contributed by atoms with Crippen molar-refractivity contribution in [2.24, 2.45) is 16.7 Å². The molecule has 3 aliphatic carbocycles. The molecule has 2 bridgehead atoms. The summed E-state index contributed by atoms with van der Waals surface area (Å²) in [5, 5.41) is 40.6. The predicted molar refractivity (Wildman–Crippen MR) is 221 cm³/mol. The third-order valence-electron chi connectivity index (χ3n) is 13.6. The second kappa shape index (κ2) is 17.3. The monoisotopic (exact) mass is 879 g/mol. The predicted octanol–water partition coefficient (Wildman–Crippen LogP) is 4.43. The van der Waals surface area contributed by atoms with Crippen LogP contribution in [0.15, 0.2) is 77.4 Å². The van der Waals surface area contributed by atoms with Crippen LogP contribution in [0.5, 0.6) is 0 Å². The average Bonchev–Trinajstić information content (AvgIpc) is 3.22. The number of hydrogen-bond donors (Lipinski definition) is 4. The molecule has 2 aromatic carbocycles. The van der Waals surface area contributed by atoms with E-state index in [9.17, 15) is 39.3 Å². The number of carbonyl (C=O) groups excluding carboxylic acids is 6. The lowest BCUT2D eigenvalue weighted by molar-refractivity contribution is -0.346. The molecule has 1 amide bonds. The zero-order valence-electron chi connectivity index (χ0n) is 35.9. The molecule has 2 saturated carbocycles. The van der Waals surface area contributed by atoms with Gasteiger partial charge < -0.3 is 44.3 Å². The van der Waals surface area contributed by atoms with E-state index in [0.29, 0.717) is 11.1 Å². The van der Waals surface area contributed by atoms with Gasteiger partial charge in [-0.15, -0.1) is 0 Å². The van der Waals surface area contributed by atoms with Crippen LogP contribution in [-0.2, 0) is 47.7 Å². The maximum Gasteiger partial charge on any atom is 0.338 e. The molecule has 16 heteroatoms. The summed E-state index contributed by atoms with van der Waals surface area (Å²) in [5.41, 5.74) is -7.24. The molecule has 1 aliphatic heterocycles. The summed E-state index contributed by atoms with van der Waals surface area (Å²) < 4.78 is 30.5. The summed E-state index contributed by atoms with van der Waals surface area (Å²) in [7, 11) is 0. The zero-order chi connectivity index (χ0) is 45.7. The number of aliphatic hydroxyl groups is 3. The van der Waals surface area contributed by atoms with Crippen molar-refractivity contribution in [3.8, 4) is 0 Å². The number of amides is 1. The minimum atomic E-state index is -2.42. The largest absolute Gasteiger partial charge is 0.461 e. The van der Waals surface area contributed by atoms with Gasteiger partial charge in [-0.2, -0.15) is 0 Å². The van der Waals surface area contributed by atoms with Crippen molar-refractivity contribution in [3.63, 3.8) is 0 Å². The molecular formula is C46H54ClNO14. The van der Waals surface area contributed by atoms with Crippen molar-refractivity contribution in [1.29, 1.82) is 0 Å². The van der Waals surface area contributed by atoms with Crippen molar-refractivity contribution in [1.82, 2.24) is 5.32 Å². The molecule has 334 valence electrons. The first-order valence-corrected chi connectivity index (χ1v) is 21.0. The second-order valence-corrected chi connectivity index (χ2v) is 17.8. The van der Waals surface area contributed by atoms with Gasteiger partial charge >= 0.3 is 23.9 Å². The van der Waals surface area contributed by atoms with Crippen molar-refractivity contribution in [3.05, 3.63) is 93.5 Å². The number of benzene rings is 2. The van der Waals surface area contributed by atoms with E-state index in [1.165, 1.54) is 52.0 Å². The van der Waals surface area contributed by atoms with Gasteiger partial charge in [0.25, 0.3) is 0 Å². The smallest absolute Gasteiger partial charge is 0.338 e. The highest BCUT2D eigenvalue weighted by Crippen LogP contribution is 2.64. The molecule has 0 spiro atoms. The van der Waals surface area contributed by atoms with E-state index < -0.39 is 113 Å². The fourth-order valence-electron chi connectivity index (χ4n) is 9.94. The summed E-state index contributed by atoms with van der Waals surface area (Å²) in [6, 6.07) is 12.7. The van der Waals surface area contributed by atoms with E-state index >= 15 is 4.79 Å². The van der Waals surface area contributed by atoms with Crippen LogP contribution in [0.3, 0.4) is 0 Å². The number of halogens is 1. The Labute approximate surface area is 364 Å². The molecule has 62 heavy (non-hydrogen) atoms. The van der Waals surface area contributed by atoms with Gasteiger partial charge in [0, 0.05) is 42.2 Å². The first kappa shape index (κ1) is 46.6. The van der Waals surface area contributed by atoms with Crippen molar-refractivity contribution >= 4 is 47.2 Å². The highest BCUT2D eigenvalue weighted by molar-refractivity contribution is 6.30. The minimum Gasteiger partial charge on any atom is -0.461 e. The number of nitrogens with one attached hydrogen (secondary N) is 1. The number of fused-ring (bicyclic) bond motifs is 5. The SMILES string of the molecule is C/C=C(\C)C(=O)N[C@@H](c1ccccc1)[C@@H](O)C(=O)O[C@H]1C[C@@]2(O)[C@@H](OC(=O)c3cccc(Cl)c3)C3[C@](C)(C(=O)[C@H](O)C(=C1C)C2(C)C)[C@@H](OC(=O)CC)C[C@H]1OC[C@@]31OC(C)=O. The Hall–Kier alpha value is -4.93. The molecule has 1 unspecified atom stereocenters. The van der Waals surface area contributed by atoms with Crippen LogP contribution in [0.2, 0.25) is 5.02 Å². The van der Waals surface area contributed by atoms with Crippen LogP contribution in [0.1, 0.15) is 96.6 Å². The molecule has 0 radical (unpaired) electrons. The summed E-state index contributed by atoms with van der Waals surface area (Å²) >= 11 is 6.28. The molecule has 11 atom stereocenters. The lowest BCUT2D eigenvalue weighted by Crippen LogP contribution is -2.82. The van der Waals surface area contributed by atoms with E-state index in [1.807, 2.05) is 0 Å². The van der Waals surface area contributed by atoms with Gasteiger partial charge in [0.1, 0.15) is 36.1 Å². The summed E-state index contributed by atoms with van der Waals surface area (Å²) in [5.74, 6) is -6.79. The first-order valence-electron chi connectivity index (χ1n) is 20.6. The molecule has 6 rings (SSSR count). The van der Waals surface area contributed by atoms with Gasteiger partial charge in [-0.25, -0.2) is 9.59 Å². The first-order chi connectivity index (χ1) is 29.1. The minimum absolute atomic E-state index is 0.0437. The van der Waals surface area contributed by atoms with Crippen LogP contribution < -0.4 is 5.32 Å². The molecular weight excluding hydrogens is 826 g/mol.